The lowest BCUT2D eigenvalue weighted by molar-refractivity contribution is 0.807. The Morgan fingerprint density at radius 2 is 2.29 bits per heavy atom. The van der Waals surface area contributed by atoms with Gasteiger partial charge in [0.2, 0.25) is 0 Å². The first-order valence-electron chi connectivity index (χ1n) is 5.46. The molecule has 0 bridgehead atoms. The SMILES string of the molecule is CC(N)c1ccnc(N(C)Cc2cscn2)c1. The molecule has 0 spiro atoms. The summed E-state index contributed by atoms with van der Waals surface area (Å²) in [5.74, 6) is 0.924. The number of nitrogens with zero attached hydrogens (tertiary/aromatic N) is 3. The number of thiazole rings is 1. The van der Waals surface area contributed by atoms with Crippen molar-refractivity contribution >= 4 is 17.2 Å². The van der Waals surface area contributed by atoms with Crippen molar-refractivity contribution in [2.45, 2.75) is 19.5 Å². The van der Waals surface area contributed by atoms with Crippen molar-refractivity contribution in [2.75, 3.05) is 11.9 Å². The largest absolute Gasteiger partial charge is 0.354 e. The maximum Gasteiger partial charge on any atom is 0.128 e. The Morgan fingerprint density at radius 1 is 1.47 bits per heavy atom. The standard InChI is InChI=1S/C12H16N4S/c1-9(13)10-3-4-14-12(5-10)16(2)6-11-7-17-8-15-11/h3-5,7-9H,6,13H2,1-2H3. The first-order valence-corrected chi connectivity index (χ1v) is 6.41. The minimum atomic E-state index is 0.0319. The molecule has 1 unspecified atom stereocenters. The Balaban J connectivity index is 2.13. The molecule has 0 aliphatic carbocycles. The zero-order valence-electron chi connectivity index (χ0n) is 10.00. The first kappa shape index (κ1) is 12.0. The molecule has 90 valence electrons. The summed E-state index contributed by atoms with van der Waals surface area (Å²) in [7, 11) is 2.01. The molecule has 0 aromatic carbocycles. The molecule has 0 amide bonds. The van der Waals surface area contributed by atoms with Gasteiger partial charge in [-0.2, -0.15) is 0 Å². The summed E-state index contributed by atoms with van der Waals surface area (Å²) < 4.78 is 0. The number of anilines is 1. The van der Waals surface area contributed by atoms with Crippen LogP contribution in [0, 0.1) is 0 Å². The van der Waals surface area contributed by atoms with Crippen molar-refractivity contribution in [1.82, 2.24) is 9.97 Å². The van der Waals surface area contributed by atoms with Gasteiger partial charge in [0.25, 0.3) is 0 Å². The summed E-state index contributed by atoms with van der Waals surface area (Å²) in [5.41, 5.74) is 9.86. The van der Waals surface area contributed by atoms with Gasteiger partial charge in [-0.3, -0.25) is 0 Å². The van der Waals surface area contributed by atoms with Crippen LogP contribution in [0.2, 0.25) is 0 Å². The molecule has 2 aromatic rings. The fourth-order valence-corrected chi connectivity index (χ4v) is 2.12. The van der Waals surface area contributed by atoms with Gasteiger partial charge in [-0.25, -0.2) is 9.97 Å². The summed E-state index contributed by atoms with van der Waals surface area (Å²) >= 11 is 1.61. The smallest absolute Gasteiger partial charge is 0.128 e. The zero-order valence-corrected chi connectivity index (χ0v) is 10.8. The summed E-state index contributed by atoms with van der Waals surface area (Å²) in [5, 5.41) is 2.05. The highest BCUT2D eigenvalue weighted by Crippen LogP contribution is 2.17. The van der Waals surface area contributed by atoms with Crippen molar-refractivity contribution in [3.05, 3.63) is 40.5 Å². The molecule has 2 aromatic heterocycles. The van der Waals surface area contributed by atoms with Gasteiger partial charge in [-0.1, -0.05) is 0 Å². The van der Waals surface area contributed by atoms with Crippen LogP contribution in [0.1, 0.15) is 24.2 Å². The van der Waals surface area contributed by atoms with Crippen LogP contribution in [0.5, 0.6) is 0 Å². The molecular formula is C12H16N4S. The fourth-order valence-electron chi connectivity index (χ4n) is 1.57. The third-order valence-electron chi connectivity index (χ3n) is 2.57. The molecule has 0 aliphatic rings. The average Bonchev–Trinajstić information content (AvgIpc) is 2.82. The van der Waals surface area contributed by atoms with Gasteiger partial charge in [0.1, 0.15) is 5.82 Å². The Labute approximate surface area is 105 Å². The predicted molar refractivity (Wildman–Crippen MR) is 71.1 cm³/mol. The Bertz CT molecular complexity index is 467. The Morgan fingerprint density at radius 3 is 2.94 bits per heavy atom. The molecule has 2 rings (SSSR count). The second kappa shape index (κ2) is 5.25. The van der Waals surface area contributed by atoms with Crippen LogP contribution in [0.4, 0.5) is 5.82 Å². The van der Waals surface area contributed by atoms with E-state index in [2.05, 4.69) is 14.9 Å². The minimum Gasteiger partial charge on any atom is -0.354 e. The quantitative estimate of drug-likeness (QED) is 0.901. The molecule has 4 nitrogen and oxygen atoms in total. The van der Waals surface area contributed by atoms with Crippen molar-refractivity contribution in [2.24, 2.45) is 5.73 Å². The van der Waals surface area contributed by atoms with Crippen LogP contribution in [-0.2, 0) is 6.54 Å². The summed E-state index contributed by atoms with van der Waals surface area (Å²) in [6.45, 7) is 2.73. The van der Waals surface area contributed by atoms with E-state index in [1.807, 2.05) is 37.0 Å². The van der Waals surface area contributed by atoms with E-state index in [-0.39, 0.29) is 6.04 Å². The molecule has 1 atom stereocenters. The summed E-state index contributed by atoms with van der Waals surface area (Å²) in [6, 6.07) is 4.01. The maximum atomic E-state index is 5.86. The number of hydrogen-bond acceptors (Lipinski definition) is 5. The van der Waals surface area contributed by atoms with Gasteiger partial charge in [0.15, 0.2) is 0 Å². The highest BCUT2D eigenvalue weighted by atomic mass is 32.1. The number of pyridine rings is 1. The highest BCUT2D eigenvalue weighted by molar-refractivity contribution is 7.07. The zero-order chi connectivity index (χ0) is 12.3. The van der Waals surface area contributed by atoms with E-state index in [0.29, 0.717) is 0 Å². The fraction of sp³-hybridized carbons (Fsp3) is 0.333. The molecule has 0 saturated carbocycles. The lowest BCUT2D eigenvalue weighted by atomic mass is 10.1. The van der Waals surface area contributed by atoms with Crippen LogP contribution < -0.4 is 10.6 Å². The topological polar surface area (TPSA) is 55.0 Å². The average molecular weight is 248 g/mol. The molecule has 2 heterocycles. The molecule has 0 saturated heterocycles. The van der Waals surface area contributed by atoms with Crippen LogP contribution in [0.25, 0.3) is 0 Å². The number of hydrogen-bond donors (Lipinski definition) is 1. The number of nitrogens with two attached hydrogens (primary N) is 1. The third-order valence-corrected chi connectivity index (χ3v) is 3.20. The third kappa shape index (κ3) is 3.01. The van der Waals surface area contributed by atoms with Crippen LogP contribution in [0.15, 0.2) is 29.2 Å². The normalized spacial score (nSPS) is 12.4. The van der Waals surface area contributed by atoms with Crippen molar-refractivity contribution in [3.8, 4) is 0 Å². The lowest BCUT2D eigenvalue weighted by Crippen LogP contribution is -2.18. The highest BCUT2D eigenvalue weighted by Gasteiger charge is 2.07. The maximum absolute atomic E-state index is 5.86. The lowest BCUT2D eigenvalue weighted by Gasteiger charge is -2.18. The van der Waals surface area contributed by atoms with E-state index in [4.69, 9.17) is 5.73 Å². The van der Waals surface area contributed by atoms with E-state index in [0.717, 1.165) is 23.6 Å². The van der Waals surface area contributed by atoms with Crippen molar-refractivity contribution in [3.63, 3.8) is 0 Å². The van der Waals surface area contributed by atoms with E-state index in [9.17, 15) is 0 Å². The van der Waals surface area contributed by atoms with E-state index < -0.39 is 0 Å². The summed E-state index contributed by atoms with van der Waals surface area (Å²) in [4.78, 5) is 10.7. The van der Waals surface area contributed by atoms with Gasteiger partial charge in [0, 0.05) is 24.7 Å². The second-order valence-corrected chi connectivity index (χ2v) is 4.79. The monoisotopic (exact) mass is 248 g/mol. The van der Waals surface area contributed by atoms with Gasteiger partial charge < -0.3 is 10.6 Å². The van der Waals surface area contributed by atoms with Gasteiger partial charge in [-0.15, -0.1) is 11.3 Å². The molecule has 0 aliphatic heterocycles. The van der Waals surface area contributed by atoms with Gasteiger partial charge in [0.05, 0.1) is 17.7 Å². The van der Waals surface area contributed by atoms with Crippen molar-refractivity contribution in [1.29, 1.82) is 0 Å². The molecule has 2 N–H and O–H groups in total. The summed E-state index contributed by atoms with van der Waals surface area (Å²) in [6.07, 6.45) is 1.80. The molecule has 0 radical (unpaired) electrons. The Hall–Kier alpha value is -1.46. The molecular weight excluding hydrogens is 232 g/mol. The molecule has 5 heteroatoms. The number of rotatable bonds is 4. The van der Waals surface area contributed by atoms with Gasteiger partial charge >= 0.3 is 0 Å². The predicted octanol–water partition coefficient (Wildman–Crippen LogP) is 2.19. The van der Waals surface area contributed by atoms with Crippen molar-refractivity contribution < 1.29 is 0 Å². The van der Waals surface area contributed by atoms with E-state index in [1.165, 1.54) is 0 Å². The first-order chi connectivity index (χ1) is 8.16. The number of aromatic nitrogens is 2. The van der Waals surface area contributed by atoms with Crippen LogP contribution in [0.3, 0.4) is 0 Å². The van der Waals surface area contributed by atoms with E-state index in [1.54, 1.807) is 17.5 Å². The van der Waals surface area contributed by atoms with Crippen LogP contribution in [-0.4, -0.2) is 17.0 Å². The minimum absolute atomic E-state index is 0.0319. The van der Waals surface area contributed by atoms with Crippen LogP contribution >= 0.6 is 11.3 Å². The second-order valence-electron chi connectivity index (χ2n) is 4.07. The van der Waals surface area contributed by atoms with E-state index >= 15 is 0 Å². The van der Waals surface area contributed by atoms with Gasteiger partial charge in [-0.05, 0) is 24.6 Å². The molecule has 17 heavy (non-hydrogen) atoms. The molecule has 0 fully saturated rings. The Kier molecular flexibility index (Phi) is 3.71.